The smallest absolute Gasteiger partial charge is 0.338 e. The standard InChI is InChI=1S/C29H25NO4/c1-16(2)34-27(32)17-12-14-18(15-13-17)30-26(31)25-23-19-8-4-6-10-21(19)24(29(25,3)28(30)33)22-11-7-5-9-20(22)23/h4-16,23-25H,1-3H3/t23?,24?,25-,29-/m1/s1. The number of anilines is 1. The van der Waals surface area contributed by atoms with Crippen LogP contribution < -0.4 is 4.90 Å². The molecule has 5 nitrogen and oxygen atoms in total. The average Bonchev–Trinajstić information content (AvgIpc) is 3.04. The lowest BCUT2D eigenvalue weighted by Crippen LogP contribution is -2.49. The van der Waals surface area contributed by atoms with E-state index in [1.165, 1.54) is 4.90 Å². The van der Waals surface area contributed by atoms with E-state index in [9.17, 15) is 14.4 Å². The van der Waals surface area contributed by atoms with Gasteiger partial charge < -0.3 is 4.74 Å². The molecule has 3 aromatic rings. The van der Waals surface area contributed by atoms with Crippen molar-refractivity contribution in [1.82, 2.24) is 0 Å². The number of carbonyl (C=O) groups excluding carboxylic acids is 3. The Morgan fingerprint density at radius 1 is 0.853 bits per heavy atom. The van der Waals surface area contributed by atoms with E-state index in [0.29, 0.717) is 11.3 Å². The first kappa shape index (κ1) is 20.8. The summed E-state index contributed by atoms with van der Waals surface area (Å²) in [4.78, 5) is 41.6. The van der Waals surface area contributed by atoms with E-state index < -0.39 is 17.3 Å². The highest BCUT2D eigenvalue weighted by atomic mass is 16.5. The first-order valence-electron chi connectivity index (χ1n) is 11.7. The van der Waals surface area contributed by atoms with E-state index >= 15 is 0 Å². The lowest BCUT2D eigenvalue weighted by atomic mass is 9.48. The summed E-state index contributed by atoms with van der Waals surface area (Å²) in [6, 6.07) is 23.0. The molecular weight excluding hydrogens is 426 g/mol. The highest BCUT2D eigenvalue weighted by Gasteiger charge is 2.68. The molecule has 0 unspecified atom stereocenters. The lowest BCUT2D eigenvalue weighted by molar-refractivity contribution is -0.128. The van der Waals surface area contributed by atoms with E-state index in [1.54, 1.807) is 38.1 Å². The van der Waals surface area contributed by atoms with Gasteiger partial charge in [-0.25, -0.2) is 9.69 Å². The van der Waals surface area contributed by atoms with Gasteiger partial charge in [-0.15, -0.1) is 0 Å². The van der Waals surface area contributed by atoms with E-state index in [2.05, 4.69) is 24.3 Å². The minimum atomic E-state index is -0.875. The third-order valence-electron chi connectivity index (χ3n) is 7.72. The maximum Gasteiger partial charge on any atom is 0.338 e. The number of amides is 2. The van der Waals surface area contributed by atoms with Gasteiger partial charge in [0.15, 0.2) is 0 Å². The Morgan fingerprint density at radius 3 is 1.91 bits per heavy atom. The molecule has 7 rings (SSSR count). The summed E-state index contributed by atoms with van der Waals surface area (Å²) in [5, 5.41) is 0. The molecule has 34 heavy (non-hydrogen) atoms. The summed E-state index contributed by atoms with van der Waals surface area (Å²) in [6.45, 7) is 5.54. The summed E-state index contributed by atoms with van der Waals surface area (Å²) >= 11 is 0. The summed E-state index contributed by atoms with van der Waals surface area (Å²) in [6.07, 6.45) is -0.226. The monoisotopic (exact) mass is 451 g/mol. The summed E-state index contributed by atoms with van der Waals surface area (Å²) in [5.74, 6) is -1.60. The highest BCUT2D eigenvalue weighted by molar-refractivity contribution is 6.25. The third-order valence-corrected chi connectivity index (χ3v) is 7.72. The molecule has 0 radical (unpaired) electrons. The molecule has 0 aromatic heterocycles. The van der Waals surface area contributed by atoms with Crippen molar-refractivity contribution in [3.05, 3.63) is 101 Å². The number of hydrogen-bond acceptors (Lipinski definition) is 4. The predicted octanol–water partition coefficient (Wildman–Crippen LogP) is 5.04. The quantitative estimate of drug-likeness (QED) is 0.414. The van der Waals surface area contributed by atoms with Gasteiger partial charge >= 0.3 is 5.97 Å². The zero-order chi connectivity index (χ0) is 23.8. The van der Waals surface area contributed by atoms with Crippen molar-refractivity contribution in [2.45, 2.75) is 38.7 Å². The molecule has 2 bridgehead atoms. The van der Waals surface area contributed by atoms with Crippen molar-refractivity contribution < 1.29 is 19.1 Å². The van der Waals surface area contributed by atoms with E-state index in [0.717, 1.165) is 22.3 Å². The number of ether oxygens (including phenoxy) is 1. The van der Waals surface area contributed by atoms with Gasteiger partial charge in [0.05, 0.1) is 28.7 Å². The maximum atomic E-state index is 14.1. The van der Waals surface area contributed by atoms with Crippen LogP contribution in [0.3, 0.4) is 0 Å². The Labute approximate surface area is 198 Å². The predicted molar refractivity (Wildman–Crippen MR) is 128 cm³/mol. The van der Waals surface area contributed by atoms with Gasteiger partial charge in [-0.2, -0.15) is 0 Å². The van der Waals surface area contributed by atoms with Crippen molar-refractivity contribution in [1.29, 1.82) is 0 Å². The van der Waals surface area contributed by atoms with Gasteiger partial charge in [-0.05, 0) is 67.3 Å². The number of imide groups is 1. The first-order valence-corrected chi connectivity index (χ1v) is 11.7. The number of nitrogens with zero attached hydrogens (tertiary/aromatic N) is 1. The molecule has 1 heterocycles. The Hall–Kier alpha value is -3.73. The minimum Gasteiger partial charge on any atom is -0.459 e. The topological polar surface area (TPSA) is 63.7 Å². The Balaban J connectivity index is 1.45. The third kappa shape index (κ3) is 2.58. The number of rotatable bonds is 3. The van der Waals surface area contributed by atoms with E-state index in [-0.39, 0.29) is 29.8 Å². The zero-order valence-electron chi connectivity index (χ0n) is 19.3. The van der Waals surface area contributed by atoms with Gasteiger partial charge in [0.2, 0.25) is 11.8 Å². The number of carbonyl (C=O) groups is 3. The second-order valence-electron chi connectivity index (χ2n) is 9.91. The largest absolute Gasteiger partial charge is 0.459 e. The molecule has 0 saturated carbocycles. The summed E-state index contributed by atoms with van der Waals surface area (Å²) < 4.78 is 5.26. The zero-order valence-corrected chi connectivity index (χ0v) is 19.3. The summed E-state index contributed by atoms with van der Waals surface area (Å²) in [7, 11) is 0. The second-order valence-corrected chi connectivity index (χ2v) is 9.91. The number of benzene rings is 3. The first-order chi connectivity index (χ1) is 16.3. The van der Waals surface area contributed by atoms with Crippen LogP contribution in [0, 0.1) is 11.3 Å². The van der Waals surface area contributed by atoms with Crippen LogP contribution in [-0.2, 0) is 14.3 Å². The van der Waals surface area contributed by atoms with Crippen LogP contribution in [0.25, 0.3) is 0 Å². The molecule has 3 aromatic carbocycles. The van der Waals surface area contributed by atoms with Crippen molar-refractivity contribution in [2.24, 2.45) is 11.3 Å². The molecule has 1 aliphatic heterocycles. The van der Waals surface area contributed by atoms with Gasteiger partial charge in [0.1, 0.15) is 0 Å². The van der Waals surface area contributed by atoms with Crippen LogP contribution in [0.15, 0.2) is 72.8 Å². The van der Waals surface area contributed by atoms with Crippen molar-refractivity contribution in [3.8, 4) is 0 Å². The molecule has 1 fully saturated rings. The van der Waals surface area contributed by atoms with Crippen LogP contribution in [0.1, 0.15) is 65.2 Å². The fourth-order valence-electron chi connectivity index (χ4n) is 6.39. The number of esters is 1. The van der Waals surface area contributed by atoms with Gasteiger partial charge in [-0.1, -0.05) is 48.5 Å². The molecule has 0 spiro atoms. The van der Waals surface area contributed by atoms with Gasteiger partial charge in [0.25, 0.3) is 0 Å². The van der Waals surface area contributed by atoms with Crippen LogP contribution in [0.4, 0.5) is 5.69 Å². The average molecular weight is 452 g/mol. The maximum absolute atomic E-state index is 14.1. The van der Waals surface area contributed by atoms with Crippen LogP contribution in [-0.4, -0.2) is 23.9 Å². The fraction of sp³-hybridized carbons (Fsp3) is 0.276. The van der Waals surface area contributed by atoms with Crippen molar-refractivity contribution >= 4 is 23.5 Å². The highest BCUT2D eigenvalue weighted by Crippen LogP contribution is 2.67. The SMILES string of the molecule is CC(C)OC(=O)c1ccc(N2C(=O)[C@H]3C4c5ccccc5C(c5ccccc54)[C@@]3(C)C2=O)cc1. The van der Waals surface area contributed by atoms with Crippen LogP contribution in [0.5, 0.6) is 0 Å². The normalized spacial score (nSPS) is 26.4. The van der Waals surface area contributed by atoms with Crippen molar-refractivity contribution in [2.75, 3.05) is 4.90 Å². The fourth-order valence-corrected chi connectivity index (χ4v) is 6.39. The Bertz CT molecular complexity index is 1310. The molecular formula is C29H25NO4. The molecule has 5 heteroatoms. The lowest BCUT2D eigenvalue weighted by Gasteiger charge is -2.51. The van der Waals surface area contributed by atoms with E-state index in [1.807, 2.05) is 31.2 Å². The molecule has 170 valence electrons. The second kappa shape index (κ2) is 7.13. The Kier molecular flexibility index (Phi) is 4.37. The Morgan fingerprint density at radius 2 is 1.38 bits per heavy atom. The minimum absolute atomic E-state index is 0.163. The molecule has 1 saturated heterocycles. The van der Waals surface area contributed by atoms with Crippen LogP contribution >= 0.6 is 0 Å². The van der Waals surface area contributed by atoms with Crippen molar-refractivity contribution in [3.63, 3.8) is 0 Å². The molecule has 2 atom stereocenters. The van der Waals surface area contributed by atoms with Gasteiger partial charge in [0, 0.05) is 11.8 Å². The number of hydrogen-bond donors (Lipinski definition) is 0. The van der Waals surface area contributed by atoms with Crippen LogP contribution in [0.2, 0.25) is 0 Å². The molecule has 4 aliphatic rings. The van der Waals surface area contributed by atoms with E-state index in [4.69, 9.17) is 4.74 Å². The molecule has 0 N–H and O–H groups in total. The van der Waals surface area contributed by atoms with Gasteiger partial charge in [-0.3, -0.25) is 9.59 Å². The molecule has 2 amide bonds. The summed E-state index contributed by atoms with van der Waals surface area (Å²) in [5.41, 5.74) is 4.56. The molecule has 3 aliphatic carbocycles.